The summed E-state index contributed by atoms with van der Waals surface area (Å²) >= 11 is 0. The molecule has 0 saturated heterocycles. The molecule has 0 nitrogen and oxygen atoms in total. The predicted octanol–water partition coefficient (Wildman–Crippen LogP) is 5.67. The van der Waals surface area contributed by atoms with Crippen LogP contribution < -0.4 is 0 Å². The van der Waals surface area contributed by atoms with Gasteiger partial charge in [-0.3, -0.25) is 0 Å². The van der Waals surface area contributed by atoms with Gasteiger partial charge in [0.05, 0.1) is 5.92 Å². The minimum atomic E-state index is -3.95. The van der Waals surface area contributed by atoms with Gasteiger partial charge in [-0.15, -0.1) is 0 Å². The van der Waals surface area contributed by atoms with Crippen molar-refractivity contribution >= 4 is 0 Å². The summed E-state index contributed by atoms with van der Waals surface area (Å²) in [6.45, 7) is 2.29. The van der Waals surface area contributed by atoms with Crippen LogP contribution in [0.1, 0.15) is 61.1 Å². The van der Waals surface area contributed by atoms with Crippen LogP contribution in [0.25, 0.3) is 0 Å². The lowest BCUT2D eigenvalue weighted by Gasteiger charge is -2.37. The standard InChI is InChI=1S/C14H23F3.2H2/c1-10-2-4-11(5-3-10)12-6-8-13(9-7-12)14(15,16)17;;/h10-13H,2-9H2,1H3;2*1H. The molecule has 0 radical (unpaired) electrons. The Balaban J connectivity index is 0.00000162. The molecule has 0 aromatic rings. The number of halogens is 3. The normalized spacial score (nSPS) is 40.2. The van der Waals surface area contributed by atoms with Gasteiger partial charge in [-0.1, -0.05) is 19.8 Å². The van der Waals surface area contributed by atoms with Crippen LogP contribution in [0, 0.1) is 23.7 Å². The van der Waals surface area contributed by atoms with Gasteiger partial charge in [0.25, 0.3) is 0 Å². The summed E-state index contributed by atoms with van der Waals surface area (Å²) in [5, 5.41) is 0. The minimum Gasteiger partial charge on any atom is -0.171 e. The zero-order chi connectivity index (χ0) is 12.5. The van der Waals surface area contributed by atoms with E-state index in [4.69, 9.17) is 0 Å². The second-order valence-corrected chi connectivity index (χ2v) is 6.17. The molecule has 104 valence electrons. The van der Waals surface area contributed by atoms with Gasteiger partial charge in [0.15, 0.2) is 0 Å². The lowest BCUT2D eigenvalue weighted by Crippen LogP contribution is -2.31. The van der Waals surface area contributed by atoms with Crippen molar-refractivity contribution in [2.45, 2.75) is 64.5 Å². The first-order chi connectivity index (χ1) is 7.97. The lowest BCUT2D eigenvalue weighted by atomic mass is 9.69. The van der Waals surface area contributed by atoms with Crippen LogP contribution in [0.15, 0.2) is 0 Å². The molecule has 0 aliphatic heterocycles. The maximum Gasteiger partial charge on any atom is 0.391 e. The molecule has 0 heterocycles. The van der Waals surface area contributed by atoms with E-state index in [0.29, 0.717) is 18.8 Å². The van der Waals surface area contributed by atoms with Gasteiger partial charge >= 0.3 is 6.18 Å². The van der Waals surface area contributed by atoms with E-state index in [1.54, 1.807) is 0 Å². The Morgan fingerprint density at radius 1 is 0.765 bits per heavy atom. The van der Waals surface area contributed by atoms with Gasteiger partial charge < -0.3 is 0 Å². The van der Waals surface area contributed by atoms with Crippen LogP contribution >= 0.6 is 0 Å². The van der Waals surface area contributed by atoms with Crippen molar-refractivity contribution in [2.24, 2.45) is 23.7 Å². The molecular formula is C14H27F3. The molecule has 2 fully saturated rings. The van der Waals surface area contributed by atoms with E-state index in [1.165, 1.54) is 25.7 Å². The highest BCUT2D eigenvalue weighted by Gasteiger charge is 2.42. The van der Waals surface area contributed by atoms with E-state index in [1.807, 2.05) is 0 Å². The Hall–Kier alpha value is -0.210. The number of hydrogen-bond acceptors (Lipinski definition) is 0. The van der Waals surface area contributed by atoms with Crippen LogP contribution in [-0.4, -0.2) is 6.18 Å². The third-order valence-corrected chi connectivity index (χ3v) is 4.96. The topological polar surface area (TPSA) is 0 Å². The number of rotatable bonds is 1. The number of hydrogen-bond donors (Lipinski definition) is 0. The molecule has 0 N–H and O–H groups in total. The monoisotopic (exact) mass is 252 g/mol. The highest BCUT2D eigenvalue weighted by Crippen LogP contribution is 2.45. The van der Waals surface area contributed by atoms with Crippen LogP contribution in [0.4, 0.5) is 13.2 Å². The third kappa shape index (κ3) is 3.38. The van der Waals surface area contributed by atoms with E-state index in [0.717, 1.165) is 24.7 Å². The molecule has 3 heteroatoms. The van der Waals surface area contributed by atoms with Crippen molar-refractivity contribution in [3.63, 3.8) is 0 Å². The summed E-state index contributed by atoms with van der Waals surface area (Å²) < 4.78 is 37.7. The van der Waals surface area contributed by atoms with Crippen molar-refractivity contribution in [3.8, 4) is 0 Å². The first-order valence-electron chi connectivity index (χ1n) is 7.03. The number of alkyl halides is 3. The smallest absolute Gasteiger partial charge is 0.171 e. The van der Waals surface area contributed by atoms with Crippen molar-refractivity contribution in [1.82, 2.24) is 0 Å². The zero-order valence-electron chi connectivity index (χ0n) is 10.6. The summed E-state index contributed by atoms with van der Waals surface area (Å²) in [4.78, 5) is 0. The molecule has 0 atom stereocenters. The van der Waals surface area contributed by atoms with E-state index >= 15 is 0 Å². The molecule has 0 spiro atoms. The Morgan fingerprint density at radius 3 is 1.59 bits per heavy atom. The average Bonchev–Trinajstić information content (AvgIpc) is 2.29. The summed E-state index contributed by atoms with van der Waals surface area (Å²) in [6, 6.07) is 0. The maximum absolute atomic E-state index is 12.6. The summed E-state index contributed by atoms with van der Waals surface area (Å²) in [5.41, 5.74) is 0. The Labute approximate surface area is 105 Å². The van der Waals surface area contributed by atoms with Gasteiger partial charge in [-0.05, 0) is 56.3 Å². The van der Waals surface area contributed by atoms with Gasteiger partial charge in [0.2, 0.25) is 0 Å². The minimum absolute atomic E-state index is 0. The van der Waals surface area contributed by atoms with Crippen LogP contribution in [-0.2, 0) is 0 Å². The summed E-state index contributed by atoms with van der Waals surface area (Å²) in [6.07, 6.45) is 3.48. The molecule has 0 aromatic carbocycles. The van der Waals surface area contributed by atoms with Crippen molar-refractivity contribution in [1.29, 1.82) is 0 Å². The SMILES string of the molecule is CC1CCC(C2CCC(C(F)(F)F)CC2)CC1.[HH].[HH]. The van der Waals surface area contributed by atoms with Crippen LogP contribution in [0.5, 0.6) is 0 Å². The molecule has 0 bridgehead atoms. The lowest BCUT2D eigenvalue weighted by molar-refractivity contribution is -0.185. The van der Waals surface area contributed by atoms with Gasteiger partial charge in [-0.2, -0.15) is 13.2 Å². The first kappa shape index (κ1) is 13.2. The molecular weight excluding hydrogens is 225 g/mol. The second kappa shape index (κ2) is 5.19. The van der Waals surface area contributed by atoms with E-state index in [9.17, 15) is 13.2 Å². The van der Waals surface area contributed by atoms with Gasteiger partial charge in [-0.25, -0.2) is 0 Å². The van der Waals surface area contributed by atoms with E-state index < -0.39 is 12.1 Å². The maximum atomic E-state index is 12.6. The average molecular weight is 252 g/mol. The fourth-order valence-corrected chi connectivity index (χ4v) is 3.68. The molecule has 0 unspecified atom stereocenters. The van der Waals surface area contributed by atoms with Crippen molar-refractivity contribution < 1.29 is 16.0 Å². The largest absolute Gasteiger partial charge is 0.391 e. The zero-order valence-corrected chi connectivity index (χ0v) is 10.6. The van der Waals surface area contributed by atoms with E-state index in [-0.39, 0.29) is 2.85 Å². The van der Waals surface area contributed by atoms with Gasteiger partial charge in [0, 0.05) is 2.85 Å². The van der Waals surface area contributed by atoms with Crippen molar-refractivity contribution in [3.05, 3.63) is 0 Å². The van der Waals surface area contributed by atoms with Crippen molar-refractivity contribution in [2.75, 3.05) is 0 Å². The first-order valence-corrected chi connectivity index (χ1v) is 7.03. The predicted molar refractivity (Wildman–Crippen MR) is 66.9 cm³/mol. The molecule has 2 aliphatic rings. The molecule has 0 amide bonds. The Morgan fingerprint density at radius 2 is 1.18 bits per heavy atom. The molecule has 2 aliphatic carbocycles. The van der Waals surface area contributed by atoms with Crippen LogP contribution in [0.2, 0.25) is 0 Å². The molecule has 17 heavy (non-hydrogen) atoms. The quantitative estimate of drug-likeness (QED) is 0.563. The van der Waals surface area contributed by atoms with Crippen LogP contribution in [0.3, 0.4) is 0 Å². The highest BCUT2D eigenvalue weighted by molar-refractivity contribution is 4.83. The molecule has 2 rings (SSSR count). The highest BCUT2D eigenvalue weighted by atomic mass is 19.4. The third-order valence-electron chi connectivity index (χ3n) is 4.96. The van der Waals surface area contributed by atoms with Gasteiger partial charge in [0.1, 0.15) is 0 Å². The Kier molecular flexibility index (Phi) is 4.04. The fourth-order valence-electron chi connectivity index (χ4n) is 3.68. The molecule has 2 saturated carbocycles. The van der Waals surface area contributed by atoms with E-state index in [2.05, 4.69) is 6.92 Å². The second-order valence-electron chi connectivity index (χ2n) is 6.17. The summed E-state index contributed by atoms with van der Waals surface area (Å²) in [7, 11) is 0. The Bertz CT molecular complexity index is 240. The molecule has 0 aromatic heterocycles. The fraction of sp³-hybridized carbons (Fsp3) is 1.00. The summed E-state index contributed by atoms with van der Waals surface area (Å²) in [5.74, 6) is 1.13.